The molecule has 2 aliphatic rings. The first-order valence-corrected chi connectivity index (χ1v) is 13.6. The Bertz CT molecular complexity index is 2160. The summed E-state index contributed by atoms with van der Waals surface area (Å²) in [5, 5.41) is 0.447. The van der Waals surface area contributed by atoms with Crippen molar-refractivity contribution in [1.82, 2.24) is 39.9 Å². The van der Waals surface area contributed by atoms with Crippen LogP contribution in [0.25, 0.3) is 0 Å². The van der Waals surface area contributed by atoms with E-state index in [0.29, 0.717) is 11.1 Å². The van der Waals surface area contributed by atoms with Gasteiger partial charge in [-0.1, -0.05) is 47.8 Å². The van der Waals surface area contributed by atoms with Gasteiger partial charge in [0, 0.05) is 0 Å². The molecule has 42 heavy (non-hydrogen) atoms. The topological polar surface area (TPSA) is 263 Å². The first-order valence-electron chi connectivity index (χ1n) is 12.0. The van der Waals surface area contributed by atoms with Crippen LogP contribution < -0.4 is 45.0 Å². The average molecular weight is 607 g/mol. The van der Waals surface area contributed by atoms with Gasteiger partial charge in [-0.05, 0) is 11.1 Å². The Labute approximate surface area is 236 Å². The first-order chi connectivity index (χ1) is 20.1. The maximum Gasteiger partial charge on any atom is 0.326 e. The van der Waals surface area contributed by atoms with Gasteiger partial charge in [0.25, 0.3) is 22.2 Å². The quantitative estimate of drug-likeness (QED) is 0.105. The van der Waals surface area contributed by atoms with Gasteiger partial charge in [-0.2, -0.15) is 0 Å². The number of aromatic amines is 8. The second kappa shape index (κ2) is 9.08. The molecule has 18 heteroatoms. The highest BCUT2D eigenvalue weighted by molar-refractivity contribution is 7.99. The highest BCUT2D eigenvalue weighted by atomic mass is 32.2. The molecule has 0 aliphatic carbocycles. The number of nitrogens with one attached hydrogen (secondary N) is 8. The lowest BCUT2D eigenvalue weighted by Crippen LogP contribution is -2.36. The monoisotopic (exact) mass is 606 g/mol. The summed E-state index contributed by atoms with van der Waals surface area (Å²) in [6.45, 7) is 0. The molecule has 16 nitrogen and oxygen atoms in total. The first kappa shape index (κ1) is 25.6. The number of benzene rings is 1. The van der Waals surface area contributed by atoms with E-state index in [1.807, 2.05) is 0 Å². The maximum atomic E-state index is 13.1. The molecule has 2 aliphatic heterocycles. The van der Waals surface area contributed by atoms with E-state index in [1.54, 1.807) is 24.3 Å². The lowest BCUT2D eigenvalue weighted by Gasteiger charge is -2.28. The number of rotatable bonds is 2. The van der Waals surface area contributed by atoms with Crippen LogP contribution in [0.15, 0.2) is 82.7 Å². The zero-order valence-electron chi connectivity index (χ0n) is 20.5. The zero-order valence-corrected chi connectivity index (χ0v) is 22.2. The number of hydrogen-bond donors (Lipinski definition) is 8. The zero-order chi connectivity index (χ0) is 29.4. The summed E-state index contributed by atoms with van der Waals surface area (Å²) >= 11 is 1.69. The minimum absolute atomic E-state index is 0.0335. The fourth-order valence-corrected chi connectivity index (χ4v) is 7.61. The van der Waals surface area contributed by atoms with E-state index in [9.17, 15) is 38.4 Å². The molecule has 0 amide bonds. The summed E-state index contributed by atoms with van der Waals surface area (Å²) in [6.07, 6.45) is 0. The molecule has 0 unspecified atom stereocenters. The van der Waals surface area contributed by atoms with E-state index < -0.39 is 56.8 Å². The summed E-state index contributed by atoms with van der Waals surface area (Å²) in [6, 6.07) is 6.33. The Morgan fingerprint density at radius 3 is 1.00 bits per heavy atom. The SMILES string of the molecule is O=c1[nH]c2c(c(=O)[nH]1)C(c1cccc(C3c4c([nH]c(=O)[nH]c4=O)Sc4[nH]c(=O)[nH]c(=O)c43)c1)c1c([nH]c(=O)[nH]c1=O)S2. The molecule has 0 saturated carbocycles. The molecule has 4 aromatic heterocycles. The Morgan fingerprint density at radius 2 is 0.714 bits per heavy atom. The summed E-state index contributed by atoms with van der Waals surface area (Å²) < 4.78 is 0. The van der Waals surface area contributed by atoms with Crippen molar-refractivity contribution < 1.29 is 0 Å². The van der Waals surface area contributed by atoms with Gasteiger partial charge in [-0.25, -0.2) is 19.2 Å². The fraction of sp³-hybridized carbons (Fsp3) is 0.0833. The largest absolute Gasteiger partial charge is 0.326 e. The molecule has 0 bridgehead atoms. The summed E-state index contributed by atoms with van der Waals surface area (Å²) in [5.41, 5.74) is -5.39. The van der Waals surface area contributed by atoms with Gasteiger partial charge in [-0.15, -0.1) is 0 Å². The van der Waals surface area contributed by atoms with E-state index in [-0.39, 0.29) is 42.4 Å². The van der Waals surface area contributed by atoms with Gasteiger partial charge in [0.05, 0.1) is 54.2 Å². The van der Waals surface area contributed by atoms with E-state index in [0.717, 1.165) is 23.5 Å². The third kappa shape index (κ3) is 3.87. The van der Waals surface area contributed by atoms with Crippen LogP contribution in [0.1, 0.15) is 45.2 Å². The molecule has 0 fully saturated rings. The Morgan fingerprint density at radius 1 is 0.429 bits per heavy atom. The number of H-pyrrole nitrogens is 8. The second-order valence-electron chi connectivity index (χ2n) is 9.34. The van der Waals surface area contributed by atoms with E-state index in [1.165, 1.54) is 0 Å². The molecule has 7 rings (SSSR count). The molecule has 0 saturated heterocycles. The summed E-state index contributed by atoms with van der Waals surface area (Å²) in [4.78, 5) is 119. The third-order valence-corrected chi connectivity index (χ3v) is 9.02. The van der Waals surface area contributed by atoms with Gasteiger partial charge in [-0.3, -0.25) is 39.1 Å². The van der Waals surface area contributed by atoms with Crippen molar-refractivity contribution in [3.63, 3.8) is 0 Å². The van der Waals surface area contributed by atoms with Crippen molar-refractivity contribution >= 4 is 23.5 Å². The van der Waals surface area contributed by atoms with Crippen molar-refractivity contribution in [3.8, 4) is 0 Å². The van der Waals surface area contributed by atoms with Crippen LogP contribution in [0, 0.1) is 0 Å². The number of aromatic nitrogens is 8. The summed E-state index contributed by atoms with van der Waals surface area (Å²) in [5.74, 6) is -2.20. The number of fused-ring (bicyclic) bond motifs is 4. The molecule has 210 valence electrons. The standard InChI is InChI=1S/C24H14N8O8S2/c33-13-9-7(10-14(34)26-22(38)30-18(10)41-17(9)29-21(37)25-13)5-2-1-3-6(4-5)8-11-15(35)27-23(39)31-19(11)42-20-12(8)16(36)28-24(40)32-20/h1-4,7-8H,(H2,25,29,33,37)(H2,26,30,34,38)(H2,27,31,35,39)(H2,28,32,36,40). The van der Waals surface area contributed by atoms with Crippen LogP contribution in [-0.4, -0.2) is 39.9 Å². The van der Waals surface area contributed by atoms with Crippen molar-refractivity contribution in [2.45, 2.75) is 31.9 Å². The van der Waals surface area contributed by atoms with E-state index in [4.69, 9.17) is 0 Å². The minimum atomic E-state index is -1.10. The Hall–Kier alpha value is -5.36. The third-order valence-electron chi connectivity index (χ3n) is 6.91. The van der Waals surface area contributed by atoms with Crippen molar-refractivity contribution in [1.29, 1.82) is 0 Å². The van der Waals surface area contributed by atoms with Gasteiger partial charge < -0.3 is 19.9 Å². The predicted molar refractivity (Wildman–Crippen MR) is 147 cm³/mol. The van der Waals surface area contributed by atoms with Crippen molar-refractivity contribution in [2.24, 2.45) is 0 Å². The highest BCUT2D eigenvalue weighted by Gasteiger charge is 2.37. The average Bonchev–Trinajstić information content (AvgIpc) is 2.90. The van der Waals surface area contributed by atoms with Gasteiger partial charge in [0.1, 0.15) is 0 Å². The Kier molecular flexibility index (Phi) is 5.53. The molecule has 1 aromatic carbocycles. The van der Waals surface area contributed by atoms with Crippen LogP contribution in [-0.2, 0) is 0 Å². The molecule has 0 radical (unpaired) electrons. The van der Waals surface area contributed by atoms with Gasteiger partial charge >= 0.3 is 22.8 Å². The molecular weight excluding hydrogens is 592 g/mol. The van der Waals surface area contributed by atoms with Crippen molar-refractivity contribution in [2.75, 3.05) is 0 Å². The highest BCUT2D eigenvalue weighted by Crippen LogP contribution is 2.46. The van der Waals surface area contributed by atoms with Crippen molar-refractivity contribution in [3.05, 3.63) is 141 Å². The molecule has 0 atom stereocenters. The van der Waals surface area contributed by atoms with Gasteiger partial charge in [0.15, 0.2) is 0 Å². The van der Waals surface area contributed by atoms with Crippen LogP contribution in [0.5, 0.6) is 0 Å². The maximum absolute atomic E-state index is 13.1. The molecule has 0 spiro atoms. The van der Waals surface area contributed by atoms with Crippen LogP contribution in [0.3, 0.4) is 0 Å². The van der Waals surface area contributed by atoms with Crippen LogP contribution in [0.2, 0.25) is 0 Å². The molecule has 6 heterocycles. The normalized spacial score (nSPS) is 14.1. The number of hydrogen-bond acceptors (Lipinski definition) is 10. The molecule has 5 aromatic rings. The lowest BCUT2D eigenvalue weighted by atomic mass is 9.82. The summed E-state index contributed by atoms with van der Waals surface area (Å²) in [7, 11) is 0. The van der Waals surface area contributed by atoms with Crippen LogP contribution >= 0.6 is 23.5 Å². The minimum Gasteiger partial charge on any atom is -0.301 e. The predicted octanol–water partition coefficient (Wildman–Crippen LogP) is -1.52. The molecular formula is C24H14N8O8S2. The van der Waals surface area contributed by atoms with Gasteiger partial charge in [0.2, 0.25) is 0 Å². The van der Waals surface area contributed by atoms with E-state index >= 15 is 0 Å². The Balaban J connectivity index is 1.52. The lowest BCUT2D eigenvalue weighted by molar-refractivity contribution is 0.747. The smallest absolute Gasteiger partial charge is 0.301 e. The fourth-order valence-electron chi connectivity index (χ4n) is 5.35. The second-order valence-corrected chi connectivity index (χ2v) is 11.4. The van der Waals surface area contributed by atoms with Crippen LogP contribution in [0.4, 0.5) is 0 Å². The molecule has 8 N–H and O–H groups in total. The van der Waals surface area contributed by atoms with E-state index in [2.05, 4.69) is 39.9 Å².